The molecule has 21 heavy (non-hydrogen) atoms. The maximum atomic E-state index is 11.9. The number of carbonyl (C=O) groups is 3. The quantitative estimate of drug-likeness (QED) is 0.629. The van der Waals surface area contributed by atoms with Crippen LogP contribution in [0.5, 0.6) is 0 Å². The summed E-state index contributed by atoms with van der Waals surface area (Å²) in [6.07, 6.45) is 3.69. The van der Waals surface area contributed by atoms with E-state index in [0.717, 1.165) is 25.7 Å². The van der Waals surface area contributed by atoms with Gasteiger partial charge in [0.05, 0.1) is 13.0 Å². The van der Waals surface area contributed by atoms with Crippen LogP contribution in [0.1, 0.15) is 52.4 Å². The van der Waals surface area contributed by atoms with E-state index in [1.807, 2.05) is 13.8 Å². The molecule has 0 aliphatic heterocycles. The van der Waals surface area contributed by atoms with Gasteiger partial charge in [-0.3, -0.25) is 14.4 Å². The number of rotatable bonds is 8. The fourth-order valence-corrected chi connectivity index (χ4v) is 2.82. The molecule has 6 nitrogen and oxygen atoms in total. The lowest BCUT2D eigenvalue weighted by atomic mass is 9.79. The fourth-order valence-electron chi connectivity index (χ4n) is 2.82. The van der Waals surface area contributed by atoms with Crippen molar-refractivity contribution in [1.82, 2.24) is 10.6 Å². The zero-order valence-electron chi connectivity index (χ0n) is 12.9. The summed E-state index contributed by atoms with van der Waals surface area (Å²) in [7, 11) is 0. The van der Waals surface area contributed by atoms with Gasteiger partial charge < -0.3 is 15.7 Å². The molecule has 1 fully saturated rings. The highest BCUT2D eigenvalue weighted by Gasteiger charge is 2.37. The predicted octanol–water partition coefficient (Wildman–Crippen LogP) is 1.30. The van der Waals surface area contributed by atoms with Gasteiger partial charge >= 0.3 is 5.97 Å². The summed E-state index contributed by atoms with van der Waals surface area (Å²) in [5.74, 6) is -0.949. The lowest BCUT2D eigenvalue weighted by Crippen LogP contribution is -2.40. The summed E-state index contributed by atoms with van der Waals surface area (Å²) in [6.45, 7) is 4.52. The van der Waals surface area contributed by atoms with Crippen molar-refractivity contribution in [2.45, 2.75) is 52.4 Å². The first-order chi connectivity index (χ1) is 9.83. The van der Waals surface area contributed by atoms with Gasteiger partial charge in [0.15, 0.2) is 0 Å². The molecule has 1 saturated carbocycles. The maximum Gasteiger partial charge on any atom is 0.303 e. The van der Waals surface area contributed by atoms with Crippen LogP contribution in [0, 0.1) is 11.3 Å². The second kappa shape index (κ2) is 8.00. The van der Waals surface area contributed by atoms with Crippen LogP contribution in [-0.4, -0.2) is 36.0 Å². The summed E-state index contributed by atoms with van der Waals surface area (Å²) in [5, 5.41) is 14.3. The van der Waals surface area contributed by atoms with Gasteiger partial charge in [0.25, 0.3) is 0 Å². The topological polar surface area (TPSA) is 95.5 Å². The van der Waals surface area contributed by atoms with Gasteiger partial charge in [-0.1, -0.05) is 26.7 Å². The van der Waals surface area contributed by atoms with E-state index in [1.54, 1.807) is 0 Å². The summed E-state index contributed by atoms with van der Waals surface area (Å²) < 4.78 is 0. The van der Waals surface area contributed by atoms with E-state index >= 15 is 0 Å². The Morgan fingerprint density at radius 1 is 1.05 bits per heavy atom. The number of amides is 2. The van der Waals surface area contributed by atoms with E-state index in [2.05, 4.69) is 10.6 Å². The molecule has 1 aliphatic rings. The Hall–Kier alpha value is -1.59. The van der Waals surface area contributed by atoms with Crippen LogP contribution in [-0.2, 0) is 14.4 Å². The minimum Gasteiger partial charge on any atom is -0.481 e. The van der Waals surface area contributed by atoms with Gasteiger partial charge in [0.1, 0.15) is 0 Å². The molecule has 1 aliphatic carbocycles. The summed E-state index contributed by atoms with van der Waals surface area (Å²) >= 11 is 0. The number of hydrogen-bond acceptors (Lipinski definition) is 3. The van der Waals surface area contributed by atoms with E-state index < -0.39 is 11.4 Å². The average molecular weight is 298 g/mol. The number of hydrogen-bond donors (Lipinski definition) is 3. The van der Waals surface area contributed by atoms with Gasteiger partial charge in [-0.15, -0.1) is 0 Å². The Morgan fingerprint density at radius 2 is 1.67 bits per heavy atom. The SMILES string of the molecule is CC(C)CNC(=O)CNC(=O)CC1(CC(=O)O)CCCC1. The van der Waals surface area contributed by atoms with Gasteiger partial charge in [-0.05, 0) is 24.2 Å². The molecule has 120 valence electrons. The van der Waals surface area contributed by atoms with Crippen LogP contribution in [0.4, 0.5) is 0 Å². The minimum absolute atomic E-state index is 0.0277. The highest BCUT2D eigenvalue weighted by Crippen LogP contribution is 2.43. The number of carboxylic acids is 1. The number of carboxylic acid groups (broad SMARTS) is 1. The lowest BCUT2D eigenvalue weighted by Gasteiger charge is -2.26. The van der Waals surface area contributed by atoms with Gasteiger partial charge in [-0.2, -0.15) is 0 Å². The third-order valence-electron chi connectivity index (χ3n) is 3.88. The molecular formula is C15H26N2O4. The third kappa shape index (κ3) is 6.60. The smallest absolute Gasteiger partial charge is 0.303 e. The molecule has 6 heteroatoms. The molecule has 0 radical (unpaired) electrons. The first-order valence-corrected chi connectivity index (χ1v) is 7.58. The van der Waals surface area contributed by atoms with Crippen LogP contribution in [0.25, 0.3) is 0 Å². The number of carbonyl (C=O) groups excluding carboxylic acids is 2. The van der Waals surface area contributed by atoms with Crippen molar-refractivity contribution in [3.8, 4) is 0 Å². The standard InChI is InChI=1S/C15H26N2O4/c1-11(2)9-16-13(19)10-17-12(18)7-15(8-14(20)21)5-3-4-6-15/h11H,3-10H2,1-2H3,(H,16,19)(H,17,18)(H,20,21). The summed E-state index contributed by atoms with van der Waals surface area (Å²) in [5.41, 5.74) is -0.426. The number of nitrogens with one attached hydrogen (secondary N) is 2. The van der Waals surface area contributed by atoms with Crippen molar-refractivity contribution in [1.29, 1.82) is 0 Å². The Balaban J connectivity index is 2.37. The summed E-state index contributed by atoms with van der Waals surface area (Å²) in [4.78, 5) is 34.4. The van der Waals surface area contributed by atoms with Crippen LogP contribution in [0.2, 0.25) is 0 Å². The average Bonchev–Trinajstić information content (AvgIpc) is 2.81. The van der Waals surface area contributed by atoms with Crippen molar-refractivity contribution in [3.05, 3.63) is 0 Å². The largest absolute Gasteiger partial charge is 0.481 e. The molecule has 0 heterocycles. The normalized spacial score (nSPS) is 16.7. The molecule has 0 aromatic heterocycles. The molecular weight excluding hydrogens is 272 g/mol. The molecule has 1 rings (SSSR count). The Labute approximate surface area is 125 Å². The zero-order chi connectivity index (χ0) is 15.9. The Kier molecular flexibility index (Phi) is 6.65. The molecule has 0 unspecified atom stereocenters. The highest BCUT2D eigenvalue weighted by molar-refractivity contribution is 5.85. The molecule has 0 aromatic rings. The van der Waals surface area contributed by atoms with E-state index in [9.17, 15) is 14.4 Å². The van der Waals surface area contributed by atoms with Crippen LogP contribution < -0.4 is 10.6 Å². The van der Waals surface area contributed by atoms with Gasteiger partial charge in [0, 0.05) is 13.0 Å². The number of aliphatic carboxylic acids is 1. The van der Waals surface area contributed by atoms with Crippen molar-refractivity contribution < 1.29 is 19.5 Å². The zero-order valence-corrected chi connectivity index (χ0v) is 12.9. The molecule has 0 spiro atoms. The van der Waals surface area contributed by atoms with E-state index in [4.69, 9.17) is 5.11 Å². The molecule has 3 N–H and O–H groups in total. The van der Waals surface area contributed by atoms with Crippen LogP contribution in [0.15, 0.2) is 0 Å². The van der Waals surface area contributed by atoms with Crippen LogP contribution in [0.3, 0.4) is 0 Å². The van der Waals surface area contributed by atoms with Crippen LogP contribution >= 0.6 is 0 Å². The molecule has 0 bridgehead atoms. The molecule has 0 saturated heterocycles. The predicted molar refractivity (Wildman–Crippen MR) is 78.6 cm³/mol. The highest BCUT2D eigenvalue weighted by atomic mass is 16.4. The Morgan fingerprint density at radius 3 is 2.19 bits per heavy atom. The van der Waals surface area contributed by atoms with Crippen molar-refractivity contribution in [2.24, 2.45) is 11.3 Å². The second-order valence-electron chi connectivity index (χ2n) is 6.43. The monoisotopic (exact) mass is 298 g/mol. The van der Waals surface area contributed by atoms with Gasteiger partial charge in [-0.25, -0.2) is 0 Å². The van der Waals surface area contributed by atoms with E-state index in [-0.39, 0.29) is 31.2 Å². The summed E-state index contributed by atoms with van der Waals surface area (Å²) in [6, 6.07) is 0. The minimum atomic E-state index is -0.862. The molecule has 0 atom stereocenters. The lowest BCUT2D eigenvalue weighted by molar-refractivity contribution is -0.140. The van der Waals surface area contributed by atoms with E-state index in [1.165, 1.54) is 0 Å². The van der Waals surface area contributed by atoms with E-state index in [0.29, 0.717) is 12.5 Å². The molecule has 0 aromatic carbocycles. The molecule has 2 amide bonds. The fraction of sp³-hybridized carbons (Fsp3) is 0.800. The van der Waals surface area contributed by atoms with Crippen molar-refractivity contribution in [2.75, 3.05) is 13.1 Å². The third-order valence-corrected chi connectivity index (χ3v) is 3.88. The second-order valence-corrected chi connectivity index (χ2v) is 6.43. The van der Waals surface area contributed by atoms with Gasteiger partial charge in [0.2, 0.25) is 11.8 Å². The maximum absolute atomic E-state index is 11.9. The first kappa shape index (κ1) is 17.5. The Bertz CT molecular complexity index is 387. The van der Waals surface area contributed by atoms with Crippen molar-refractivity contribution in [3.63, 3.8) is 0 Å². The first-order valence-electron chi connectivity index (χ1n) is 7.58. The van der Waals surface area contributed by atoms with Crippen molar-refractivity contribution >= 4 is 17.8 Å².